The molecular formula is C12H16Cl3NO. The van der Waals surface area contributed by atoms with Crippen molar-refractivity contribution in [2.45, 2.75) is 26.3 Å². The molecule has 0 heterocycles. The van der Waals surface area contributed by atoms with Gasteiger partial charge in [0.1, 0.15) is 6.61 Å². The van der Waals surface area contributed by atoms with E-state index in [0.29, 0.717) is 28.3 Å². The van der Waals surface area contributed by atoms with Gasteiger partial charge in [0.2, 0.25) is 0 Å². The molecule has 0 aliphatic heterocycles. The summed E-state index contributed by atoms with van der Waals surface area (Å²) in [5.74, 6) is 0.878. The molecule has 0 atom stereocenters. The first kappa shape index (κ1) is 14.7. The Labute approximate surface area is 117 Å². The summed E-state index contributed by atoms with van der Waals surface area (Å²) >= 11 is 17.8. The topological polar surface area (TPSA) is 21.3 Å². The Balaban J connectivity index is 2.93. The van der Waals surface area contributed by atoms with Crippen molar-refractivity contribution in [2.24, 2.45) is 0 Å². The first-order valence-electron chi connectivity index (χ1n) is 5.29. The Morgan fingerprint density at radius 1 is 1.18 bits per heavy atom. The van der Waals surface area contributed by atoms with Crippen LogP contribution in [0.3, 0.4) is 0 Å². The van der Waals surface area contributed by atoms with E-state index in [1.807, 2.05) is 0 Å². The minimum Gasteiger partial charge on any atom is -0.489 e. The highest BCUT2D eigenvalue weighted by molar-refractivity contribution is 6.37. The van der Waals surface area contributed by atoms with Gasteiger partial charge in [0.05, 0.1) is 15.9 Å². The van der Waals surface area contributed by atoms with Crippen LogP contribution in [-0.4, -0.2) is 18.0 Å². The van der Waals surface area contributed by atoms with Gasteiger partial charge in [0.15, 0.2) is 5.75 Å². The monoisotopic (exact) mass is 295 g/mol. The predicted octanol–water partition coefficient (Wildman–Crippen LogP) is 4.82. The summed E-state index contributed by atoms with van der Waals surface area (Å²) in [6, 6.07) is 3.59. The quantitative estimate of drug-likeness (QED) is 0.804. The van der Waals surface area contributed by atoms with E-state index in [1.54, 1.807) is 12.1 Å². The molecule has 2 nitrogen and oxygen atoms in total. The number of halogens is 3. The zero-order chi connectivity index (χ0) is 13.1. The molecule has 0 saturated heterocycles. The van der Waals surface area contributed by atoms with Crippen molar-refractivity contribution in [2.75, 3.05) is 17.8 Å². The summed E-state index contributed by atoms with van der Waals surface area (Å²) in [5.41, 5.74) is 0.816. The van der Waals surface area contributed by atoms with E-state index >= 15 is 0 Å². The minimum absolute atomic E-state index is 0.0504. The summed E-state index contributed by atoms with van der Waals surface area (Å²) in [7, 11) is 0. The van der Waals surface area contributed by atoms with Crippen molar-refractivity contribution in [1.82, 2.24) is 0 Å². The van der Waals surface area contributed by atoms with Gasteiger partial charge in [-0.25, -0.2) is 0 Å². The lowest BCUT2D eigenvalue weighted by Gasteiger charge is -2.23. The van der Waals surface area contributed by atoms with Crippen LogP contribution in [0.5, 0.6) is 5.75 Å². The zero-order valence-electron chi connectivity index (χ0n) is 10.1. The molecule has 1 aromatic carbocycles. The van der Waals surface area contributed by atoms with Gasteiger partial charge in [-0.05, 0) is 32.9 Å². The third kappa shape index (κ3) is 4.82. The highest BCUT2D eigenvalue weighted by Gasteiger charge is 2.14. The van der Waals surface area contributed by atoms with Crippen molar-refractivity contribution < 1.29 is 4.74 Å². The highest BCUT2D eigenvalue weighted by atomic mass is 35.5. The maximum Gasteiger partial charge on any atom is 0.156 e. The van der Waals surface area contributed by atoms with Gasteiger partial charge in [-0.2, -0.15) is 0 Å². The molecule has 0 radical (unpaired) electrons. The van der Waals surface area contributed by atoms with E-state index in [2.05, 4.69) is 26.1 Å². The number of benzene rings is 1. The Hall–Kier alpha value is -0.310. The highest BCUT2D eigenvalue weighted by Crippen LogP contribution is 2.36. The predicted molar refractivity (Wildman–Crippen MR) is 76.1 cm³/mol. The fraction of sp³-hybridized carbons (Fsp3) is 0.500. The molecule has 1 aromatic rings. The Bertz CT molecular complexity index is 365. The standard InChI is InChI=1S/C12H16Cl3NO/c1-12(2,3)16-8-6-9(14)11(10(15)7-8)17-5-4-13/h6-7,16H,4-5H2,1-3H3. The molecule has 0 saturated carbocycles. The van der Waals surface area contributed by atoms with Gasteiger partial charge in [0, 0.05) is 11.2 Å². The molecule has 0 unspecified atom stereocenters. The van der Waals surface area contributed by atoms with Crippen LogP contribution in [0.2, 0.25) is 10.0 Å². The molecular weight excluding hydrogens is 280 g/mol. The van der Waals surface area contributed by atoms with E-state index in [-0.39, 0.29) is 5.54 Å². The molecule has 17 heavy (non-hydrogen) atoms. The molecule has 0 bridgehead atoms. The van der Waals surface area contributed by atoms with Gasteiger partial charge in [-0.3, -0.25) is 0 Å². The van der Waals surface area contributed by atoms with Crippen molar-refractivity contribution in [1.29, 1.82) is 0 Å². The minimum atomic E-state index is -0.0504. The number of ether oxygens (including phenoxy) is 1. The maximum atomic E-state index is 6.11. The molecule has 0 spiro atoms. The lowest BCUT2D eigenvalue weighted by atomic mass is 10.1. The molecule has 0 amide bonds. The third-order valence-electron chi connectivity index (χ3n) is 1.84. The van der Waals surface area contributed by atoms with E-state index in [9.17, 15) is 0 Å². The number of alkyl halides is 1. The van der Waals surface area contributed by atoms with E-state index < -0.39 is 0 Å². The Morgan fingerprint density at radius 2 is 1.71 bits per heavy atom. The largest absolute Gasteiger partial charge is 0.489 e. The van der Waals surface area contributed by atoms with Crippen LogP contribution in [0.25, 0.3) is 0 Å². The van der Waals surface area contributed by atoms with Gasteiger partial charge in [0.25, 0.3) is 0 Å². The number of anilines is 1. The molecule has 0 fully saturated rings. The van der Waals surface area contributed by atoms with Gasteiger partial charge in [-0.15, -0.1) is 11.6 Å². The first-order chi connectivity index (χ1) is 7.83. The third-order valence-corrected chi connectivity index (χ3v) is 2.56. The van der Waals surface area contributed by atoms with E-state index in [4.69, 9.17) is 39.5 Å². The maximum absolute atomic E-state index is 6.11. The van der Waals surface area contributed by atoms with Crippen LogP contribution >= 0.6 is 34.8 Å². The van der Waals surface area contributed by atoms with Crippen molar-refractivity contribution in [3.05, 3.63) is 22.2 Å². The zero-order valence-corrected chi connectivity index (χ0v) is 12.4. The van der Waals surface area contributed by atoms with E-state index in [0.717, 1.165) is 5.69 Å². The average Bonchev–Trinajstić information content (AvgIpc) is 2.13. The fourth-order valence-electron chi connectivity index (χ4n) is 1.34. The van der Waals surface area contributed by atoms with E-state index in [1.165, 1.54) is 0 Å². The van der Waals surface area contributed by atoms with Crippen molar-refractivity contribution in [3.8, 4) is 5.75 Å². The number of nitrogens with one attached hydrogen (secondary N) is 1. The summed E-state index contributed by atoms with van der Waals surface area (Å²) in [6.45, 7) is 6.57. The summed E-state index contributed by atoms with van der Waals surface area (Å²) in [6.07, 6.45) is 0. The second-order valence-corrected chi connectivity index (χ2v) is 5.87. The van der Waals surface area contributed by atoms with Crippen LogP contribution in [0.15, 0.2) is 12.1 Å². The molecule has 96 valence electrons. The molecule has 0 aliphatic rings. The van der Waals surface area contributed by atoms with Gasteiger partial charge < -0.3 is 10.1 Å². The Kier molecular flexibility index (Phi) is 5.23. The summed E-state index contributed by atoms with van der Waals surface area (Å²) in [5, 5.41) is 4.26. The fourth-order valence-corrected chi connectivity index (χ4v) is 2.02. The average molecular weight is 297 g/mol. The second kappa shape index (κ2) is 6.03. The molecule has 1 N–H and O–H groups in total. The second-order valence-electron chi connectivity index (χ2n) is 4.68. The molecule has 0 aromatic heterocycles. The van der Waals surface area contributed by atoms with Crippen LogP contribution < -0.4 is 10.1 Å². The summed E-state index contributed by atoms with van der Waals surface area (Å²) in [4.78, 5) is 0. The normalized spacial score (nSPS) is 11.4. The van der Waals surface area contributed by atoms with Gasteiger partial charge >= 0.3 is 0 Å². The lowest BCUT2D eigenvalue weighted by molar-refractivity contribution is 0.343. The SMILES string of the molecule is CC(C)(C)Nc1cc(Cl)c(OCCCl)c(Cl)c1. The van der Waals surface area contributed by atoms with Gasteiger partial charge in [-0.1, -0.05) is 23.2 Å². The molecule has 0 aliphatic carbocycles. The molecule has 1 rings (SSSR count). The summed E-state index contributed by atoms with van der Waals surface area (Å²) < 4.78 is 5.38. The smallest absolute Gasteiger partial charge is 0.156 e. The van der Waals surface area contributed by atoms with Crippen LogP contribution in [-0.2, 0) is 0 Å². The number of rotatable bonds is 4. The Morgan fingerprint density at radius 3 is 2.12 bits per heavy atom. The lowest BCUT2D eigenvalue weighted by Crippen LogP contribution is -2.26. The molecule has 5 heteroatoms. The van der Waals surface area contributed by atoms with Crippen LogP contribution in [0.4, 0.5) is 5.69 Å². The van der Waals surface area contributed by atoms with Crippen molar-refractivity contribution in [3.63, 3.8) is 0 Å². The van der Waals surface area contributed by atoms with Crippen molar-refractivity contribution >= 4 is 40.5 Å². The number of hydrogen-bond acceptors (Lipinski definition) is 2. The first-order valence-corrected chi connectivity index (χ1v) is 6.58. The number of hydrogen-bond donors (Lipinski definition) is 1. The van der Waals surface area contributed by atoms with Crippen LogP contribution in [0.1, 0.15) is 20.8 Å². The van der Waals surface area contributed by atoms with Crippen LogP contribution in [0, 0.1) is 0 Å².